The Morgan fingerprint density at radius 2 is 1.71 bits per heavy atom. The van der Waals surface area contributed by atoms with Crippen molar-refractivity contribution >= 4 is 0 Å². The van der Waals surface area contributed by atoms with Crippen molar-refractivity contribution in [1.29, 1.82) is 0 Å². The molecule has 3 fully saturated rings. The van der Waals surface area contributed by atoms with Gasteiger partial charge in [0.1, 0.15) is 0 Å². The Balaban J connectivity index is 1.60. The molecule has 21 heavy (non-hydrogen) atoms. The molecule has 1 N–H and O–H groups in total. The molecule has 0 spiro atoms. The first kappa shape index (κ1) is 15.8. The highest BCUT2D eigenvalue weighted by Gasteiger charge is 2.38. The van der Waals surface area contributed by atoms with E-state index in [9.17, 15) is 0 Å². The molecule has 0 aromatic rings. The molecule has 122 valence electrons. The molecule has 2 heterocycles. The minimum absolute atomic E-state index is 0.506. The Labute approximate surface area is 132 Å². The van der Waals surface area contributed by atoms with E-state index in [-0.39, 0.29) is 0 Å². The van der Waals surface area contributed by atoms with Crippen molar-refractivity contribution in [3.8, 4) is 0 Å². The van der Waals surface area contributed by atoms with Crippen molar-refractivity contribution in [1.82, 2.24) is 10.2 Å². The van der Waals surface area contributed by atoms with Gasteiger partial charge >= 0.3 is 0 Å². The lowest BCUT2D eigenvalue weighted by molar-refractivity contribution is 0.135. The Morgan fingerprint density at radius 1 is 0.857 bits per heavy atom. The zero-order valence-electron chi connectivity index (χ0n) is 14.5. The molecule has 3 rings (SSSR count). The predicted molar refractivity (Wildman–Crippen MR) is 90.6 cm³/mol. The Bertz CT molecular complexity index is 327. The van der Waals surface area contributed by atoms with Crippen LogP contribution in [0.4, 0.5) is 0 Å². The highest BCUT2D eigenvalue weighted by Crippen LogP contribution is 2.39. The van der Waals surface area contributed by atoms with Gasteiger partial charge in [-0.25, -0.2) is 0 Å². The summed E-state index contributed by atoms with van der Waals surface area (Å²) in [6.45, 7) is 9.96. The van der Waals surface area contributed by atoms with Crippen LogP contribution in [0.15, 0.2) is 0 Å². The fourth-order valence-electron chi connectivity index (χ4n) is 5.22. The quantitative estimate of drug-likeness (QED) is 0.767. The van der Waals surface area contributed by atoms with Crippen molar-refractivity contribution in [2.75, 3.05) is 13.1 Å². The van der Waals surface area contributed by atoms with Gasteiger partial charge in [0.2, 0.25) is 0 Å². The highest BCUT2D eigenvalue weighted by molar-refractivity contribution is 4.95. The van der Waals surface area contributed by atoms with E-state index in [1.165, 1.54) is 70.9 Å². The second-order valence-corrected chi connectivity index (χ2v) is 8.88. The van der Waals surface area contributed by atoms with Crippen molar-refractivity contribution in [3.63, 3.8) is 0 Å². The Hall–Kier alpha value is -0.0800. The summed E-state index contributed by atoms with van der Waals surface area (Å²) in [5.41, 5.74) is 0.506. The van der Waals surface area contributed by atoms with E-state index >= 15 is 0 Å². The van der Waals surface area contributed by atoms with Crippen LogP contribution >= 0.6 is 0 Å². The minimum atomic E-state index is 0.506. The highest BCUT2D eigenvalue weighted by atomic mass is 15.2. The molecule has 2 aliphatic heterocycles. The molecular weight excluding hydrogens is 256 g/mol. The third-order valence-corrected chi connectivity index (χ3v) is 6.54. The van der Waals surface area contributed by atoms with Crippen molar-refractivity contribution in [2.45, 2.75) is 96.7 Å². The number of rotatable bonds is 2. The van der Waals surface area contributed by atoms with Gasteiger partial charge in [-0.3, -0.25) is 4.90 Å². The molecule has 0 aromatic heterocycles. The molecule has 0 radical (unpaired) electrons. The minimum Gasteiger partial charge on any atom is -0.312 e. The summed E-state index contributed by atoms with van der Waals surface area (Å²) in [5, 5.41) is 3.77. The molecule has 2 heteroatoms. The maximum absolute atomic E-state index is 3.77. The molecule has 2 nitrogen and oxygen atoms in total. The average molecular weight is 293 g/mol. The van der Waals surface area contributed by atoms with Crippen LogP contribution in [0, 0.1) is 11.3 Å². The fourth-order valence-corrected chi connectivity index (χ4v) is 5.22. The van der Waals surface area contributed by atoms with Gasteiger partial charge in [0.25, 0.3) is 0 Å². The van der Waals surface area contributed by atoms with Gasteiger partial charge in [-0.2, -0.15) is 0 Å². The van der Waals surface area contributed by atoms with Crippen LogP contribution in [0.3, 0.4) is 0 Å². The van der Waals surface area contributed by atoms with Crippen LogP contribution in [-0.4, -0.2) is 36.1 Å². The lowest BCUT2D eigenvalue weighted by Crippen LogP contribution is -2.48. The molecule has 0 aromatic carbocycles. The topological polar surface area (TPSA) is 15.3 Å². The van der Waals surface area contributed by atoms with Crippen LogP contribution in [0.25, 0.3) is 0 Å². The first-order valence-corrected chi connectivity index (χ1v) is 9.55. The average Bonchev–Trinajstić information content (AvgIpc) is 3.03. The van der Waals surface area contributed by atoms with E-state index in [4.69, 9.17) is 0 Å². The van der Waals surface area contributed by atoms with Gasteiger partial charge in [-0.1, -0.05) is 27.2 Å². The van der Waals surface area contributed by atoms with Crippen LogP contribution in [0.1, 0.15) is 78.6 Å². The van der Waals surface area contributed by atoms with E-state index < -0.39 is 0 Å². The molecule has 1 saturated carbocycles. The molecule has 2 saturated heterocycles. The third-order valence-electron chi connectivity index (χ3n) is 6.54. The van der Waals surface area contributed by atoms with Gasteiger partial charge in [0.05, 0.1) is 0 Å². The number of nitrogens with one attached hydrogen (secondary N) is 1. The first-order valence-electron chi connectivity index (χ1n) is 9.55. The molecular formula is C19H36N2. The van der Waals surface area contributed by atoms with Crippen molar-refractivity contribution in [2.24, 2.45) is 11.3 Å². The lowest BCUT2D eigenvalue weighted by Gasteiger charge is -2.36. The summed E-state index contributed by atoms with van der Waals surface area (Å²) in [5.74, 6) is 0.938. The molecule has 4 unspecified atom stereocenters. The van der Waals surface area contributed by atoms with Gasteiger partial charge < -0.3 is 5.32 Å². The predicted octanol–water partition coefficient (Wildman–Crippen LogP) is 4.20. The summed E-state index contributed by atoms with van der Waals surface area (Å²) in [7, 11) is 0. The standard InChI is InChI=1S/C19H36N2/c1-19(2,3)15-7-4-8-16(12-11-15)21-14-6-10-18(21)17-9-5-13-20-17/h15-18,20H,4-14H2,1-3H3. The molecule has 4 atom stereocenters. The van der Waals surface area contributed by atoms with Crippen LogP contribution < -0.4 is 5.32 Å². The van der Waals surface area contributed by atoms with E-state index in [1.54, 1.807) is 0 Å². The smallest absolute Gasteiger partial charge is 0.0252 e. The SMILES string of the molecule is CC(C)(C)C1CCCC(N2CCCC2C2CCCN2)CC1. The van der Waals surface area contributed by atoms with E-state index in [2.05, 4.69) is 31.0 Å². The summed E-state index contributed by atoms with van der Waals surface area (Å²) < 4.78 is 0. The first-order chi connectivity index (χ1) is 10.1. The molecule has 0 bridgehead atoms. The summed E-state index contributed by atoms with van der Waals surface area (Å²) in [6, 6.07) is 2.53. The molecule has 1 aliphatic carbocycles. The number of hydrogen-bond donors (Lipinski definition) is 1. The zero-order valence-corrected chi connectivity index (χ0v) is 14.5. The van der Waals surface area contributed by atoms with Crippen molar-refractivity contribution in [3.05, 3.63) is 0 Å². The van der Waals surface area contributed by atoms with Gasteiger partial charge in [0, 0.05) is 18.1 Å². The van der Waals surface area contributed by atoms with E-state index in [0.29, 0.717) is 5.41 Å². The van der Waals surface area contributed by atoms with Gasteiger partial charge in [0.15, 0.2) is 0 Å². The third kappa shape index (κ3) is 3.64. The summed E-state index contributed by atoms with van der Waals surface area (Å²) in [6.07, 6.45) is 13.0. The molecule has 0 amide bonds. The van der Waals surface area contributed by atoms with Gasteiger partial charge in [-0.05, 0) is 75.8 Å². The largest absolute Gasteiger partial charge is 0.312 e. The van der Waals surface area contributed by atoms with Crippen molar-refractivity contribution < 1.29 is 0 Å². The van der Waals surface area contributed by atoms with Crippen LogP contribution in [-0.2, 0) is 0 Å². The van der Waals surface area contributed by atoms with Crippen LogP contribution in [0.2, 0.25) is 0 Å². The second kappa shape index (κ2) is 6.58. The van der Waals surface area contributed by atoms with Crippen LogP contribution in [0.5, 0.6) is 0 Å². The second-order valence-electron chi connectivity index (χ2n) is 8.88. The monoisotopic (exact) mass is 292 g/mol. The van der Waals surface area contributed by atoms with Gasteiger partial charge in [-0.15, -0.1) is 0 Å². The maximum atomic E-state index is 3.77. The summed E-state index contributed by atoms with van der Waals surface area (Å²) in [4.78, 5) is 2.92. The van der Waals surface area contributed by atoms with E-state index in [1.807, 2.05) is 0 Å². The summed E-state index contributed by atoms with van der Waals surface area (Å²) >= 11 is 0. The number of likely N-dealkylation sites (tertiary alicyclic amines) is 1. The van der Waals surface area contributed by atoms with E-state index in [0.717, 1.165) is 24.0 Å². The lowest BCUT2D eigenvalue weighted by atomic mass is 9.76. The fraction of sp³-hybridized carbons (Fsp3) is 1.00. The number of hydrogen-bond acceptors (Lipinski definition) is 2. The molecule has 3 aliphatic rings. The Morgan fingerprint density at radius 3 is 2.43 bits per heavy atom. The Kier molecular flexibility index (Phi) is 4.95. The number of nitrogens with zero attached hydrogens (tertiary/aromatic N) is 1. The maximum Gasteiger partial charge on any atom is 0.0252 e. The normalized spacial score (nSPS) is 39.6. The zero-order chi connectivity index (χ0) is 14.9.